The number of hydrogen-bond acceptors (Lipinski definition) is 5. The molecule has 0 saturated heterocycles. The van der Waals surface area contributed by atoms with E-state index < -0.39 is 6.10 Å². The van der Waals surface area contributed by atoms with E-state index in [9.17, 15) is 9.59 Å². The maximum atomic E-state index is 12.6. The third kappa shape index (κ3) is 41.3. The van der Waals surface area contributed by atoms with Gasteiger partial charge in [0.1, 0.15) is 6.61 Å². The summed E-state index contributed by atoms with van der Waals surface area (Å²) in [6.07, 6.45) is 59.7. The molecule has 0 aromatic rings. The third-order valence-electron chi connectivity index (χ3n) is 8.30. The number of allylic oxidation sites excluding steroid dienone is 18. The molecule has 304 valence electrons. The lowest BCUT2D eigenvalue weighted by atomic mass is 10.1. The van der Waals surface area contributed by atoms with Gasteiger partial charge in [-0.1, -0.05) is 169 Å². The van der Waals surface area contributed by atoms with E-state index in [2.05, 4.69) is 130 Å². The van der Waals surface area contributed by atoms with Crippen molar-refractivity contribution in [2.24, 2.45) is 0 Å². The first-order valence-corrected chi connectivity index (χ1v) is 21.4. The maximum Gasteiger partial charge on any atom is 0.306 e. The van der Waals surface area contributed by atoms with Gasteiger partial charge >= 0.3 is 11.9 Å². The van der Waals surface area contributed by atoms with Crippen molar-refractivity contribution in [2.75, 3.05) is 19.8 Å². The Morgan fingerprint density at radius 1 is 0.426 bits per heavy atom. The first-order valence-electron chi connectivity index (χ1n) is 21.4. The van der Waals surface area contributed by atoms with Gasteiger partial charge in [-0.15, -0.1) is 0 Å². The van der Waals surface area contributed by atoms with Crippen LogP contribution in [0.2, 0.25) is 0 Å². The van der Waals surface area contributed by atoms with Gasteiger partial charge in [-0.3, -0.25) is 9.59 Å². The first-order chi connectivity index (χ1) is 26.6. The summed E-state index contributed by atoms with van der Waals surface area (Å²) in [6.45, 7) is 7.33. The minimum Gasteiger partial charge on any atom is -0.462 e. The number of ether oxygens (including phenoxy) is 3. The number of hydrogen-bond donors (Lipinski definition) is 0. The molecule has 0 N–H and O–H groups in total. The average Bonchev–Trinajstić information content (AvgIpc) is 3.17. The molecule has 5 heteroatoms. The molecule has 0 rings (SSSR count). The van der Waals surface area contributed by atoms with Crippen molar-refractivity contribution in [3.8, 4) is 0 Å². The zero-order chi connectivity index (χ0) is 39.3. The van der Waals surface area contributed by atoms with Crippen molar-refractivity contribution >= 4 is 11.9 Å². The van der Waals surface area contributed by atoms with Crippen molar-refractivity contribution < 1.29 is 23.8 Å². The monoisotopic (exact) mass is 747 g/mol. The average molecular weight is 747 g/mol. The highest BCUT2D eigenvalue weighted by atomic mass is 16.6. The normalized spacial score (nSPS) is 13.3. The highest BCUT2D eigenvalue weighted by Crippen LogP contribution is 2.10. The maximum absolute atomic E-state index is 12.6. The Kier molecular flexibility index (Phi) is 41.2. The summed E-state index contributed by atoms with van der Waals surface area (Å²) in [7, 11) is 0. The largest absolute Gasteiger partial charge is 0.462 e. The number of rotatable bonds is 37. The Labute approximate surface area is 332 Å². The quantitative estimate of drug-likeness (QED) is 0.0360. The van der Waals surface area contributed by atoms with Crippen LogP contribution < -0.4 is 0 Å². The van der Waals surface area contributed by atoms with Crippen molar-refractivity contribution in [1.29, 1.82) is 0 Å². The molecule has 0 radical (unpaired) electrons. The van der Waals surface area contributed by atoms with Crippen molar-refractivity contribution in [2.45, 2.75) is 168 Å². The van der Waals surface area contributed by atoms with Crippen LogP contribution in [0.25, 0.3) is 0 Å². The number of unbranched alkanes of at least 4 members (excludes halogenated alkanes) is 8. The molecule has 0 aromatic carbocycles. The minimum absolute atomic E-state index is 0.0279. The van der Waals surface area contributed by atoms with Crippen LogP contribution in [0, 0.1) is 0 Å². The van der Waals surface area contributed by atoms with Gasteiger partial charge in [-0.25, -0.2) is 0 Å². The molecule has 0 amide bonds. The van der Waals surface area contributed by atoms with Crippen LogP contribution in [0.5, 0.6) is 0 Å². The molecule has 0 fully saturated rings. The Morgan fingerprint density at radius 3 is 1.31 bits per heavy atom. The minimum atomic E-state index is -0.589. The molecule has 0 aliphatic rings. The van der Waals surface area contributed by atoms with Gasteiger partial charge in [0.05, 0.1) is 6.61 Å². The predicted octanol–water partition coefficient (Wildman–Crippen LogP) is 14.1. The molecule has 0 aliphatic heterocycles. The molecular formula is C49H78O5. The fourth-order valence-electron chi connectivity index (χ4n) is 5.19. The summed E-state index contributed by atoms with van der Waals surface area (Å²) in [4.78, 5) is 25.1. The summed E-state index contributed by atoms with van der Waals surface area (Å²) >= 11 is 0. The van der Waals surface area contributed by atoms with Crippen LogP contribution in [0.1, 0.15) is 162 Å². The lowest BCUT2D eigenvalue weighted by molar-refractivity contribution is -0.162. The van der Waals surface area contributed by atoms with Gasteiger partial charge in [0.25, 0.3) is 0 Å². The van der Waals surface area contributed by atoms with E-state index in [0.717, 1.165) is 103 Å². The van der Waals surface area contributed by atoms with Crippen LogP contribution in [0.4, 0.5) is 0 Å². The summed E-state index contributed by atoms with van der Waals surface area (Å²) in [6, 6.07) is 0. The van der Waals surface area contributed by atoms with Gasteiger partial charge in [0, 0.05) is 19.4 Å². The van der Waals surface area contributed by atoms with E-state index in [-0.39, 0.29) is 25.2 Å². The molecule has 0 bridgehead atoms. The molecule has 0 heterocycles. The van der Waals surface area contributed by atoms with Crippen molar-refractivity contribution in [3.63, 3.8) is 0 Å². The fraction of sp³-hybridized carbons (Fsp3) is 0.592. The van der Waals surface area contributed by atoms with E-state index >= 15 is 0 Å². The third-order valence-corrected chi connectivity index (χ3v) is 8.30. The zero-order valence-corrected chi connectivity index (χ0v) is 34.7. The fourth-order valence-corrected chi connectivity index (χ4v) is 5.19. The van der Waals surface area contributed by atoms with E-state index in [1.165, 1.54) is 25.7 Å². The summed E-state index contributed by atoms with van der Waals surface area (Å²) in [5.74, 6) is -0.513. The van der Waals surface area contributed by atoms with E-state index in [1.54, 1.807) is 0 Å². The van der Waals surface area contributed by atoms with Crippen LogP contribution in [-0.2, 0) is 23.8 Å². The van der Waals surface area contributed by atoms with Crippen molar-refractivity contribution in [3.05, 3.63) is 109 Å². The predicted molar refractivity (Wildman–Crippen MR) is 233 cm³/mol. The summed E-state index contributed by atoms with van der Waals surface area (Å²) in [5, 5.41) is 0. The topological polar surface area (TPSA) is 61.8 Å². The molecule has 0 aliphatic carbocycles. The first kappa shape index (κ1) is 50.6. The summed E-state index contributed by atoms with van der Waals surface area (Å²) in [5.41, 5.74) is 0. The molecule has 5 nitrogen and oxygen atoms in total. The molecule has 0 saturated carbocycles. The Bertz CT molecular complexity index is 1120. The zero-order valence-electron chi connectivity index (χ0n) is 34.7. The van der Waals surface area contributed by atoms with Crippen LogP contribution >= 0.6 is 0 Å². The molecular weight excluding hydrogens is 669 g/mol. The second kappa shape index (κ2) is 44.0. The summed E-state index contributed by atoms with van der Waals surface area (Å²) < 4.78 is 17.1. The van der Waals surface area contributed by atoms with Crippen molar-refractivity contribution in [1.82, 2.24) is 0 Å². The molecule has 1 atom stereocenters. The van der Waals surface area contributed by atoms with Crippen LogP contribution in [0.15, 0.2) is 109 Å². The number of esters is 2. The standard InChI is InChI=1S/C49H78O5/c1-4-7-10-13-16-18-20-22-24-25-26-27-29-31-34-36-39-42-48(50)53-46-47(54-49(51)43-40-37-33-15-12-9-6-3)45-52-44-41-38-35-32-30-28-23-21-19-17-14-11-8-5-2/h7-8,10-11,16-19,22-24,26-28,31-32,34-35,47H,4-6,9,12-15,20-21,25,29-30,33,36-46H2,1-3H3/b10-7-,11-8-,18-16-,19-17-,24-22-,27-26-,28-23-,34-31-,35-32-. The van der Waals surface area contributed by atoms with Gasteiger partial charge in [0.2, 0.25) is 0 Å². The van der Waals surface area contributed by atoms with E-state index in [0.29, 0.717) is 19.4 Å². The molecule has 0 spiro atoms. The highest BCUT2D eigenvalue weighted by molar-refractivity contribution is 5.70. The lowest BCUT2D eigenvalue weighted by Gasteiger charge is -2.18. The SMILES string of the molecule is CC/C=C\C/C=C\C/C=C\C/C=C\C/C=C\CCCC(=O)OCC(COCCC/C=C\C/C=C\C/C=C\C/C=C\CC)OC(=O)CCCCCCCCC. The van der Waals surface area contributed by atoms with Gasteiger partial charge in [0.15, 0.2) is 6.10 Å². The van der Waals surface area contributed by atoms with Crippen LogP contribution in [-0.4, -0.2) is 37.9 Å². The van der Waals surface area contributed by atoms with Gasteiger partial charge < -0.3 is 14.2 Å². The molecule has 0 aromatic heterocycles. The van der Waals surface area contributed by atoms with Gasteiger partial charge in [-0.05, 0) is 89.9 Å². The Balaban J connectivity index is 4.38. The Morgan fingerprint density at radius 2 is 0.833 bits per heavy atom. The van der Waals surface area contributed by atoms with Gasteiger partial charge in [-0.2, -0.15) is 0 Å². The molecule has 54 heavy (non-hydrogen) atoms. The van der Waals surface area contributed by atoms with Crippen LogP contribution in [0.3, 0.4) is 0 Å². The number of carbonyl (C=O) groups excluding carboxylic acids is 2. The van der Waals surface area contributed by atoms with E-state index in [4.69, 9.17) is 14.2 Å². The number of carbonyl (C=O) groups is 2. The van der Waals surface area contributed by atoms with E-state index in [1.807, 2.05) is 0 Å². The smallest absolute Gasteiger partial charge is 0.306 e. The highest BCUT2D eigenvalue weighted by Gasteiger charge is 2.17. The Hall–Kier alpha value is -3.44. The second-order valence-corrected chi connectivity index (χ2v) is 13.5. The molecule has 1 unspecified atom stereocenters. The lowest BCUT2D eigenvalue weighted by Crippen LogP contribution is -2.30. The second-order valence-electron chi connectivity index (χ2n) is 13.5.